The van der Waals surface area contributed by atoms with Crippen LogP contribution in [-0.4, -0.2) is 22.8 Å². The first kappa shape index (κ1) is 10.7. The zero-order valence-electron chi connectivity index (χ0n) is 9.70. The Balaban J connectivity index is 2.13. The van der Waals surface area contributed by atoms with Crippen molar-refractivity contribution in [2.45, 2.75) is 38.5 Å². The summed E-state index contributed by atoms with van der Waals surface area (Å²) in [6.07, 6.45) is 6.60. The van der Waals surface area contributed by atoms with E-state index in [0.717, 1.165) is 32.5 Å². The van der Waals surface area contributed by atoms with Gasteiger partial charge in [0.1, 0.15) is 5.82 Å². The average Bonchev–Trinajstić information content (AvgIpc) is 2.63. The third-order valence-electron chi connectivity index (χ3n) is 3.21. The molecule has 1 aromatic heterocycles. The number of rotatable bonds is 3. The smallest absolute Gasteiger partial charge is 0.111 e. The van der Waals surface area contributed by atoms with Crippen molar-refractivity contribution >= 4 is 0 Å². The first-order valence-corrected chi connectivity index (χ1v) is 5.91. The quantitative estimate of drug-likeness (QED) is 0.762. The molecule has 0 bridgehead atoms. The predicted molar refractivity (Wildman–Crippen MR) is 60.0 cm³/mol. The first-order valence-electron chi connectivity index (χ1n) is 5.91. The van der Waals surface area contributed by atoms with Crippen molar-refractivity contribution in [2.24, 2.45) is 7.05 Å². The summed E-state index contributed by atoms with van der Waals surface area (Å²) in [5.41, 5.74) is 1.36. The first-order chi connectivity index (χ1) is 7.33. The Kier molecular flexibility index (Phi) is 3.41. The van der Waals surface area contributed by atoms with Crippen molar-refractivity contribution in [3.63, 3.8) is 0 Å². The zero-order valence-corrected chi connectivity index (χ0v) is 9.70. The number of hydrogen-bond donors (Lipinski definition) is 0. The maximum absolute atomic E-state index is 5.38. The molecule has 0 aliphatic carbocycles. The Bertz CT molecular complexity index is 313. The summed E-state index contributed by atoms with van der Waals surface area (Å²) in [5, 5.41) is 0. The molecular weight excluding hydrogens is 188 g/mol. The topological polar surface area (TPSA) is 27.1 Å². The van der Waals surface area contributed by atoms with E-state index < -0.39 is 0 Å². The normalized spacial score (nSPS) is 18.3. The van der Waals surface area contributed by atoms with Gasteiger partial charge < -0.3 is 9.30 Å². The van der Waals surface area contributed by atoms with Gasteiger partial charge in [0.05, 0.1) is 0 Å². The third kappa shape index (κ3) is 2.23. The Hall–Kier alpha value is -0.830. The van der Waals surface area contributed by atoms with Gasteiger partial charge in [-0.1, -0.05) is 13.3 Å². The van der Waals surface area contributed by atoms with Gasteiger partial charge in [-0.3, -0.25) is 0 Å². The molecule has 0 amide bonds. The van der Waals surface area contributed by atoms with E-state index in [1.165, 1.54) is 17.9 Å². The van der Waals surface area contributed by atoms with Crippen LogP contribution >= 0.6 is 0 Å². The fraction of sp³-hybridized carbons (Fsp3) is 0.750. The molecule has 3 nitrogen and oxygen atoms in total. The number of aryl methyl sites for hydroxylation is 1. The second kappa shape index (κ2) is 4.79. The zero-order chi connectivity index (χ0) is 10.7. The van der Waals surface area contributed by atoms with Crippen LogP contribution in [-0.2, 0) is 18.2 Å². The van der Waals surface area contributed by atoms with Gasteiger partial charge in [0, 0.05) is 38.1 Å². The van der Waals surface area contributed by atoms with Gasteiger partial charge in [0.2, 0.25) is 0 Å². The van der Waals surface area contributed by atoms with Crippen LogP contribution in [0.3, 0.4) is 0 Å². The summed E-state index contributed by atoms with van der Waals surface area (Å²) < 4.78 is 7.66. The Labute approximate surface area is 91.5 Å². The molecule has 0 atom stereocenters. The minimum Gasteiger partial charge on any atom is -0.381 e. The summed E-state index contributed by atoms with van der Waals surface area (Å²) in [7, 11) is 2.14. The lowest BCUT2D eigenvalue weighted by atomic mass is 9.99. The second-order valence-electron chi connectivity index (χ2n) is 4.30. The largest absolute Gasteiger partial charge is 0.381 e. The molecule has 0 aromatic carbocycles. The molecule has 0 spiro atoms. The second-order valence-corrected chi connectivity index (χ2v) is 4.30. The van der Waals surface area contributed by atoms with Crippen molar-refractivity contribution in [2.75, 3.05) is 13.2 Å². The molecule has 3 heteroatoms. The molecule has 1 aliphatic rings. The van der Waals surface area contributed by atoms with Gasteiger partial charge in [0.15, 0.2) is 0 Å². The van der Waals surface area contributed by atoms with Gasteiger partial charge in [-0.05, 0) is 19.3 Å². The van der Waals surface area contributed by atoms with Crippen LogP contribution in [0.15, 0.2) is 6.20 Å². The highest BCUT2D eigenvalue weighted by Crippen LogP contribution is 2.26. The monoisotopic (exact) mass is 208 g/mol. The van der Waals surface area contributed by atoms with Crippen molar-refractivity contribution in [1.82, 2.24) is 9.55 Å². The standard InChI is InChI=1S/C12H20N2O/c1-3-4-11-9-13-12(14(11)2)10-5-7-15-8-6-10/h9-10H,3-8H2,1-2H3. The Morgan fingerprint density at radius 3 is 2.87 bits per heavy atom. The maximum Gasteiger partial charge on any atom is 0.111 e. The van der Waals surface area contributed by atoms with Gasteiger partial charge in [-0.15, -0.1) is 0 Å². The van der Waals surface area contributed by atoms with Crippen molar-refractivity contribution < 1.29 is 4.74 Å². The summed E-state index contributed by atoms with van der Waals surface area (Å²) in [4.78, 5) is 4.57. The molecule has 2 rings (SSSR count). The molecule has 1 aromatic rings. The van der Waals surface area contributed by atoms with E-state index in [9.17, 15) is 0 Å². The molecular formula is C12H20N2O. The van der Waals surface area contributed by atoms with E-state index in [0.29, 0.717) is 5.92 Å². The van der Waals surface area contributed by atoms with E-state index >= 15 is 0 Å². The SMILES string of the molecule is CCCc1cnc(C2CCOCC2)n1C. The van der Waals surface area contributed by atoms with E-state index in [-0.39, 0.29) is 0 Å². The molecule has 1 aliphatic heterocycles. The van der Waals surface area contributed by atoms with Crippen LogP contribution in [0.2, 0.25) is 0 Å². The molecule has 84 valence electrons. The minimum atomic E-state index is 0.606. The lowest BCUT2D eigenvalue weighted by Crippen LogP contribution is -2.17. The van der Waals surface area contributed by atoms with E-state index in [1.54, 1.807) is 0 Å². The van der Waals surface area contributed by atoms with Crippen molar-refractivity contribution in [1.29, 1.82) is 0 Å². The van der Waals surface area contributed by atoms with Gasteiger partial charge in [0.25, 0.3) is 0 Å². The van der Waals surface area contributed by atoms with Gasteiger partial charge in [-0.2, -0.15) is 0 Å². The van der Waals surface area contributed by atoms with Crippen LogP contribution in [0.25, 0.3) is 0 Å². The average molecular weight is 208 g/mol. The predicted octanol–water partition coefficient (Wildman–Crippen LogP) is 2.27. The lowest BCUT2D eigenvalue weighted by molar-refractivity contribution is 0.0830. The van der Waals surface area contributed by atoms with Gasteiger partial charge in [-0.25, -0.2) is 4.98 Å². The van der Waals surface area contributed by atoms with Crippen molar-refractivity contribution in [3.05, 3.63) is 17.7 Å². The minimum absolute atomic E-state index is 0.606. The molecule has 15 heavy (non-hydrogen) atoms. The lowest BCUT2D eigenvalue weighted by Gasteiger charge is -2.21. The summed E-state index contributed by atoms with van der Waals surface area (Å²) in [6.45, 7) is 3.99. The highest BCUT2D eigenvalue weighted by Gasteiger charge is 2.20. The number of aromatic nitrogens is 2. The number of hydrogen-bond acceptors (Lipinski definition) is 2. The Morgan fingerprint density at radius 2 is 2.20 bits per heavy atom. The summed E-state index contributed by atoms with van der Waals surface area (Å²) in [5.74, 6) is 1.86. The molecule has 2 heterocycles. The molecule has 0 unspecified atom stereocenters. The summed E-state index contributed by atoms with van der Waals surface area (Å²) in [6, 6.07) is 0. The van der Waals surface area contributed by atoms with Crippen molar-refractivity contribution in [3.8, 4) is 0 Å². The fourth-order valence-electron chi connectivity index (χ4n) is 2.28. The van der Waals surface area contributed by atoms with E-state index in [2.05, 4.69) is 23.5 Å². The number of imidazole rings is 1. The van der Waals surface area contributed by atoms with Crippen LogP contribution in [0, 0.1) is 0 Å². The fourth-order valence-corrected chi connectivity index (χ4v) is 2.28. The van der Waals surface area contributed by atoms with Crippen LogP contribution < -0.4 is 0 Å². The number of ether oxygens (including phenoxy) is 1. The van der Waals surface area contributed by atoms with Crippen LogP contribution in [0.5, 0.6) is 0 Å². The van der Waals surface area contributed by atoms with Gasteiger partial charge >= 0.3 is 0 Å². The van der Waals surface area contributed by atoms with Crippen LogP contribution in [0.1, 0.15) is 43.6 Å². The third-order valence-corrected chi connectivity index (χ3v) is 3.21. The molecule has 0 radical (unpaired) electrons. The van der Waals surface area contributed by atoms with E-state index in [1.807, 2.05) is 6.20 Å². The maximum atomic E-state index is 5.38. The summed E-state index contributed by atoms with van der Waals surface area (Å²) >= 11 is 0. The van der Waals surface area contributed by atoms with Crippen LogP contribution in [0.4, 0.5) is 0 Å². The Morgan fingerprint density at radius 1 is 1.47 bits per heavy atom. The highest BCUT2D eigenvalue weighted by atomic mass is 16.5. The molecule has 0 saturated carbocycles. The molecule has 1 saturated heterocycles. The number of nitrogens with zero attached hydrogens (tertiary/aromatic N) is 2. The highest BCUT2D eigenvalue weighted by molar-refractivity contribution is 5.09. The van der Waals surface area contributed by atoms with E-state index in [4.69, 9.17) is 4.74 Å². The molecule has 1 fully saturated rings. The molecule has 0 N–H and O–H groups in total.